The Hall–Kier alpha value is -1.39. The lowest BCUT2D eigenvalue weighted by molar-refractivity contribution is -0.120. The zero-order valence-corrected chi connectivity index (χ0v) is 13.1. The Morgan fingerprint density at radius 2 is 1.86 bits per heavy atom. The van der Waals surface area contributed by atoms with E-state index in [-0.39, 0.29) is 24.5 Å². The van der Waals surface area contributed by atoms with Crippen molar-refractivity contribution in [3.63, 3.8) is 0 Å². The highest BCUT2D eigenvalue weighted by Gasteiger charge is 2.32. The van der Waals surface area contributed by atoms with E-state index < -0.39 is 0 Å². The minimum absolute atomic E-state index is 0.0428. The number of carbonyl (C=O) groups excluding carboxylic acids is 1. The SMILES string of the molecule is Cc1ccc(C(C(C)N)N(CC(N)=O)C2CCCC2)cc1. The topological polar surface area (TPSA) is 72.3 Å². The van der Waals surface area contributed by atoms with Crippen LogP contribution in [0.5, 0.6) is 0 Å². The second-order valence-electron chi connectivity index (χ2n) is 6.29. The number of aryl methyl sites for hydroxylation is 1. The van der Waals surface area contributed by atoms with E-state index in [2.05, 4.69) is 36.1 Å². The Kier molecular flexibility index (Phi) is 5.37. The number of hydrogen-bond donors (Lipinski definition) is 2. The summed E-state index contributed by atoms with van der Waals surface area (Å²) in [4.78, 5) is 13.7. The van der Waals surface area contributed by atoms with Crippen molar-refractivity contribution >= 4 is 5.91 Å². The molecule has 2 unspecified atom stereocenters. The van der Waals surface area contributed by atoms with Gasteiger partial charge in [-0.3, -0.25) is 9.69 Å². The Labute approximate surface area is 127 Å². The van der Waals surface area contributed by atoms with Gasteiger partial charge in [-0.05, 0) is 32.3 Å². The van der Waals surface area contributed by atoms with Gasteiger partial charge in [-0.25, -0.2) is 0 Å². The predicted molar refractivity (Wildman–Crippen MR) is 85.7 cm³/mol. The molecule has 0 aromatic heterocycles. The first-order chi connectivity index (χ1) is 9.99. The fourth-order valence-electron chi connectivity index (χ4n) is 3.43. The lowest BCUT2D eigenvalue weighted by atomic mass is 9.96. The van der Waals surface area contributed by atoms with Crippen molar-refractivity contribution in [2.75, 3.05) is 6.54 Å². The van der Waals surface area contributed by atoms with Gasteiger partial charge in [0.2, 0.25) is 5.91 Å². The third kappa shape index (κ3) is 4.05. The van der Waals surface area contributed by atoms with Crippen LogP contribution in [-0.2, 0) is 4.79 Å². The highest BCUT2D eigenvalue weighted by atomic mass is 16.1. The van der Waals surface area contributed by atoms with Gasteiger partial charge in [0.05, 0.1) is 12.6 Å². The molecule has 4 nitrogen and oxygen atoms in total. The molecule has 0 heterocycles. The molecule has 21 heavy (non-hydrogen) atoms. The van der Waals surface area contributed by atoms with Gasteiger partial charge in [0, 0.05) is 12.1 Å². The van der Waals surface area contributed by atoms with Crippen LogP contribution in [0.1, 0.15) is 49.8 Å². The molecule has 1 fully saturated rings. The average Bonchev–Trinajstić information content (AvgIpc) is 2.93. The lowest BCUT2D eigenvalue weighted by Crippen LogP contribution is -2.47. The molecule has 4 N–H and O–H groups in total. The molecule has 2 rings (SSSR count). The molecule has 1 saturated carbocycles. The van der Waals surface area contributed by atoms with Crippen LogP contribution in [0.25, 0.3) is 0 Å². The normalized spacial score (nSPS) is 18.9. The van der Waals surface area contributed by atoms with E-state index in [1.807, 2.05) is 6.92 Å². The van der Waals surface area contributed by atoms with Gasteiger partial charge in [-0.1, -0.05) is 42.7 Å². The monoisotopic (exact) mass is 289 g/mol. The summed E-state index contributed by atoms with van der Waals surface area (Å²) in [6.07, 6.45) is 4.70. The number of rotatable bonds is 6. The first-order valence-electron chi connectivity index (χ1n) is 7.85. The Balaban J connectivity index is 2.30. The van der Waals surface area contributed by atoms with Crippen LogP contribution in [0.4, 0.5) is 0 Å². The molecule has 4 heteroatoms. The third-order valence-corrected chi connectivity index (χ3v) is 4.41. The molecular weight excluding hydrogens is 262 g/mol. The van der Waals surface area contributed by atoms with Crippen molar-refractivity contribution < 1.29 is 4.79 Å². The van der Waals surface area contributed by atoms with Crippen LogP contribution in [-0.4, -0.2) is 29.4 Å². The molecule has 2 atom stereocenters. The van der Waals surface area contributed by atoms with Gasteiger partial charge in [0.25, 0.3) is 0 Å². The van der Waals surface area contributed by atoms with E-state index in [9.17, 15) is 4.79 Å². The van der Waals surface area contributed by atoms with Gasteiger partial charge in [0.15, 0.2) is 0 Å². The van der Waals surface area contributed by atoms with E-state index in [0.29, 0.717) is 6.04 Å². The van der Waals surface area contributed by atoms with Crippen LogP contribution in [0, 0.1) is 6.92 Å². The van der Waals surface area contributed by atoms with Gasteiger partial charge < -0.3 is 11.5 Å². The van der Waals surface area contributed by atoms with Crippen molar-refractivity contribution in [3.8, 4) is 0 Å². The molecule has 1 aromatic carbocycles. The molecule has 0 saturated heterocycles. The molecule has 0 spiro atoms. The summed E-state index contributed by atoms with van der Waals surface area (Å²) in [7, 11) is 0. The summed E-state index contributed by atoms with van der Waals surface area (Å²) in [6, 6.07) is 8.84. The predicted octanol–water partition coefficient (Wildman–Crippen LogP) is 2.11. The zero-order chi connectivity index (χ0) is 15.4. The smallest absolute Gasteiger partial charge is 0.231 e. The van der Waals surface area contributed by atoms with Crippen LogP contribution in [0.15, 0.2) is 24.3 Å². The van der Waals surface area contributed by atoms with E-state index in [4.69, 9.17) is 11.5 Å². The van der Waals surface area contributed by atoms with Crippen LogP contribution < -0.4 is 11.5 Å². The van der Waals surface area contributed by atoms with Crippen molar-refractivity contribution in [1.29, 1.82) is 0 Å². The molecule has 116 valence electrons. The quantitative estimate of drug-likeness (QED) is 0.842. The summed E-state index contributed by atoms with van der Waals surface area (Å²) in [6.45, 7) is 4.36. The van der Waals surface area contributed by atoms with Gasteiger partial charge in [0.1, 0.15) is 0 Å². The van der Waals surface area contributed by atoms with E-state index in [1.165, 1.54) is 24.0 Å². The maximum Gasteiger partial charge on any atom is 0.231 e. The molecule has 1 amide bonds. The first-order valence-corrected chi connectivity index (χ1v) is 7.85. The van der Waals surface area contributed by atoms with Crippen molar-refractivity contribution in [1.82, 2.24) is 4.90 Å². The summed E-state index contributed by atoms with van der Waals surface area (Å²) >= 11 is 0. The molecule has 1 aliphatic carbocycles. The summed E-state index contributed by atoms with van der Waals surface area (Å²) < 4.78 is 0. The number of primary amides is 1. The molecule has 1 aliphatic rings. The summed E-state index contributed by atoms with van der Waals surface area (Å²) in [5, 5.41) is 0. The number of benzene rings is 1. The Morgan fingerprint density at radius 1 is 1.29 bits per heavy atom. The number of hydrogen-bond acceptors (Lipinski definition) is 3. The maximum atomic E-state index is 11.5. The summed E-state index contributed by atoms with van der Waals surface area (Å²) in [5.41, 5.74) is 14.1. The molecule has 0 radical (unpaired) electrons. The molecule has 1 aromatic rings. The standard InChI is InChI=1S/C17H27N3O/c1-12-7-9-14(10-8-12)17(13(2)18)20(11-16(19)21)15-5-3-4-6-15/h7-10,13,15,17H,3-6,11,18H2,1-2H3,(H2,19,21). The lowest BCUT2D eigenvalue weighted by Gasteiger charge is -2.38. The second kappa shape index (κ2) is 7.05. The fraction of sp³-hybridized carbons (Fsp3) is 0.588. The maximum absolute atomic E-state index is 11.5. The van der Waals surface area contributed by atoms with Gasteiger partial charge in [-0.15, -0.1) is 0 Å². The Morgan fingerprint density at radius 3 is 2.33 bits per heavy atom. The van der Waals surface area contributed by atoms with Crippen LogP contribution in [0.2, 0.25) is 0 Å². The molecule has 0 bridgehead atoms. The van der Waals surface area contributed by atoms with Crippen LogP contribution in [0.3, 0.4) is 0 Å². The highest BCUT2D eigenvalue weighted by molar-refractivity contribution is 5.76. The largest absolute Gasteiger partial charge is 0.369 e. The van der Waals surface area contributed by atoms with Gasteiger partial charge in [-0.2, -0.15) is 0 Å². The first kappa shape index (κ1) is 16.0. The van der Waals surface area contributed by atoms with Crippen LogP contribution >= 0.6 is 0 Å². The van der Waals surface area contributed by atoms with E-state index >= 15 is 0 Å². The summed E-state index contributed by atoms with van der Waals surface area (Å²) in [5.74, 6) is -0.278. The fourth-order valence-corrected chi connectivity index (χ4v) is 3.43. The van der Waals surface area contributed by atoms with Crippen molar-refractivity contribution in [3.05, 3.63) is 35.4 Å². The number of nitrogens with two attached hydrogens (primary N) is 2. The minimum Gasteiger partial charge on any atom is -0.369 e. The molecular formula is C17H27N3O. The average molecular weight is 289 g/mol. The molecule has 0 aliphatic heterocycles. The highest BCUT2D eigenvalue weighted by Crippen LogP contribution is 2.32. The van der Waals surface area contributed by atoms with Gasteiger partial charge >= 0.3 is 0 Å². The Bertz CT molecular complexity index is 463. The van der Waals surface area contributed by atoms with E-state index in [1.54, 1.807) is 0 Å². The van der Waals surface area contributed by atoms with Crippen molar-refractivity contribution in [2.45, 2.75) is 57.7 Å². The van der Waals surface area contributed by atoms with Crippen molar-refractivity contribution in [2.24, 2.45) is 11.5 Å². The zero-order valence-electron chi connectivity index (χ0n) is 13.1. The number of amides is 1. The second-order valence-corrected chi connectivity index (χ2v) is 6.29. The third-order valence-electron chi connectivity index (χ3n) is 4.41. The van der Waals surface area contributed by atoms with E-state index in [0.717, 1.165) is 12.8 Å². The number of carbonyl (C=O) groups is 1. The number of nitrogens with zero attached hydrogens (tertiary/aromatic N) is 1. The minimum atomic E-state index is -0.278.